The van der Waals surface area contributed by atoms with Gasteiger partial charge in [0, 0.05) is 42.3 Å². The minimum atomic E-state index is -3.02. The van der Waals surface area contributed by atoms with E-state index in [0.717, 1.165) is 61.2 Å². The fourth-order valence-electron chi connectivity index (χ4n) is 6.25. The Labute approximate surface area is 229 Å². The third-order valence-electron chi connectivity index (χ3n) is 8.41. The molecule has 3 aromatic heterocycles. The van der Waals surface area contributed by atoms with E-state index in [-0.39, 0.29) is 0 Å². The molecule has 0 spiro atoms. The number of piperidine rings is 1. The summed E-state index contributed by atoms with van der Waals surface area (Å²) in [5.74, 6) is 1.14. The first kappa shape index (κ1) is 25.8. The molecule has 6 rings (SSSR count). The summed E-state index contributed by atoms with van der Waals surface area (Å²) in [6.07, 6.45) is 6.69. The molecule has 8 nitrogen and oxygen atoms in total. The van der Waals surface area contributed by atoms with Gasteiger partial charge in [0.25, 0.3) is 0 Å². The Morgan fingerprint density at radius 3 is 2.66 bits per heavy atom. The number of hydrogen-bond donors (Lipinski definition) is 1. The van der Waals surface area contributed by atoms with E-state index in [1.165, 1.54) is 16.5 Å². The molecule has 202 valence electrons. The van der Waals surface area contributed by atoms with Crippen molar-refractivity contribution in [3.8, 4) is 11.3 Å². The Morgan fingerprint density at radius 1 is 1.16 bits per heavy atom. The standard InChI is InChI=1S/C28H35ClN6O2S/c1-18(2)25-22-15-21(20-7-10-33(11-8-20)12-13-35-9-4-14-38(35,36)37)5-6-24(22)31-27(25)23-16-34-17-30-32-28(34)26(29)19(23)3/h5-6,15-18,20,31H,4,7-14H2,1-3H3. The highest BCUT2D eigenvalue weighted by Gasteiger charge is 2.29. The van der Waals surface area contributed by atoms with E-state index in [1.807, 2.05) is 11.3 Å². The van der Waals surface area contributed by atoms with Gasteiger partial charge < -0.3 is 9.88 Å². The SMILES string of the molecule is Cc1c(-c2[nH]c3ccc(C4CCN(CCN5CCCS5(=O)=O)CC4)cc3c2C(C)C)cn2cnnc2c1Cl. The molecule has 10 heteroatoms. The van der Waals surface area contributed by atoms with Crippen LogP contribution in [0.25, 0.3) is 27.8 Å². The molecule has 0 bridgehead atoms. The Hall–Kier alpha value is -2.46. The van der Waals surface area contributed by atoms with Crippen LogP contribution in [0.1, 0.15) is 61.6 Å². The molecule has 2 saturated heterocycles. The van der Waals surface area contributed by atoms with Crippen molar-refractivity contribution >= 4 is 38.2 Å². The van der Waals surface area contributed by atoms with Gasteiger partial charge in [-0.3, -0.25) is 4.40 Å². The maximum absolute atomic E-state index is 12.1. The summed E-state index contributed by atoms with van der Waals surface area (Å²) < 4.78 is 27.8. The minimum Gasteiger partial charge on any atom is -0.354 e. The van der Waals surface area contributed by atoms with Crippen LogP contribution in [0.2, 0.25) is 5.02 Å². The lowest BCUT2D eigenvalue weighted by Gasteiger charge is -2.33. The zero-order valence-electron chi connectivity index (χ0n) is 22.2. The molecule has 0 unspecified atom stereocenters. The molecule has 1 N–H and O–H groups in total. The van der Waals surface area contributed by atoms with Crippen LogP contribution in [-0.2, 0) is 10.0 Å². The van der Waals surface area contributed by atoms with E-state index in [2.05, 4.69) is 58.3 Å². The van der Waals surface area contributed by atoms with Crippen molar-refractivity contribution < 1.29 is 8.42 Å². The number of hydrogen-bond acceptors (Lipinski definition) is 5. The lowest BCUT2D eigenvalue weighted by molar-refractivity contribution is 0.201. The van der Waals surface area contributed by atoms with E-state index in [1.54, 1.807) is 10.6 Å². The summed E-state index contributed by atoms with van der Waals surface area (Å²) in [4.78, 5) is 6.12. The second-order valence-corrected chi connectivity index (χ2v) is 13.6. The normalized spacial score (nSPS) is 19.4. The first-order valence-electron chi connectivity index (χ1n) is 13.6. The number of aromatic nitrogens is 4. The third kappa shape index (κ3) is 4.53. The predicted octanol–water partition coefficient (Wildman–Crippen LogP) is 5.18. The molecule has 0 amide bonds. The number of halogens is 1. The second kappa shape index (κ2) is 9.93. The lowest BCUT2D eigenvalue weighted by atomic mass is 9.87. The maximum Gasteiger partial charge on any atom is 0.214 e. The summed E-state index contributed by atoms with van der Waals surface area (Å²) >= 11 is 6.69. The maximum atomic E-state index is 12.1. The van der Waals surface area contributed by atoms with Crippen LogP contribution in [0.15, 0.2) is 30.7 Å². The lowest BCUT2D eigenvalue weighted by Crippen LogP contribution is -2.39. The highest BCUT2D eigenvalue weighted by atomic mass is 35.5. The van der Waals surface area contributed by atoms with Crippen LogP contribution < -0.4 is 0 Å². The number of rotatable bonds is 6. The van der Waals surface area contributed by atoms with Crippen molar-refractivity contribution in [2.45, 2.75) is 51.9 Å². The first-order valence-corrected chi connectivity index (χ1v) is 15.6. The van der Waals surface area contributed by atoms with Crippen molar-refractivity contribution in [3.63, 3.8) is 0 Å². The van der Waals surface area contributed by atoms with E-state index in [4.69, 9.17) is 11.6 Å². The molecule has 1 aromatic carbocycles. The number of aromatic amines is 1. The number of nitrogens with one attached hydrogen (secondary N) is 1. The number of nitrogens with zero attached hydrogens (tertiary/aromatic N) is 5. The van der Waals surface area contributed by atoms with Crippen LogP contribution in [0.3, 0.4) is 0 Å². The number of H-pyrrole nitrogens is 1. The number of pyridine rings is 1. The molecule has 0 atom stereocenters. The second-order valence-electron chi connectivity index (χ2n) is 11.1. The highest BCUT2D eigenvalue weighted by molar-refractivity contribution is 7.89. The van der Waals surface area contributed by atoms with E-state index in [9.17, 15) is 8.42 Å². The Bertz CT molecular complexity index is 1600. The summed E-state index contributed by atoms with van der Waals surface area (Å²) in [5.41, 5.74) is 7.66. The number of fused-ring (bicyclic) bond motifs is 2. The van der Waals surface area contributed by atoms with E-state index in [0.29, 0.717) is 41.3 Å². The summed E-state index contributed by atoms with van der Waals surface area (Å²) in [6, 6.07) is 6.88. The molecule has 2 aliphatic heterocycles. The van der Waals surface area contributed by atoms with Crippen LogP contribution in [0, 0.1) is 6.92 Å². The molecular formula is C28H35ClN6O2S. The molecule has 38 heavy (non-hydrogen) atoms. The van der Waals surface area contributed by atoms with Crippen LogP contribution in [-0.4, -0.2) is 75.7 Å². The molecule has 4 aromatic rings. The Balaban J connectivity index is 1.24. The van der Waals surface area contributed by atoms with Crippen LogP contribution in [0.5, 0.6) is 0 Å². The van der Waals surface area contributed by atoms with Gasteiger partial charge in [0.15, 0.2) is 5.65 Å². The van der Waals surface area contributed by atoms with Crippen molar-refractivity contribution in [1.82, 2.24) is 28.8 Å². The van der Waals surface area contributed by atoms with Gasteiger partial charge in [-0.1, -0.05) is 31.5 Å². The van der Waals surface area contributed by atoms with Gasteiger partial charge >= 0.3 is 0 Å². The van der Waals surface area contributed by atoms with Gasteiger partial charge in [0.1, 0.15) is 6.33 Å². The summed E-state index contributed by atoms with van der Waals surface area (Å²) in [6.45, 7) is 10.6. The number of likely N-dealkylation sites (tertiary alicyclic amines) is 1. The average Bonchev–Trinajstić information content (AvgIpc) is 3.61. The molecule has 0 saturated carbocycles. The topological polar surface area (TPSA) is 86.6 Å². The molecule has 0 radical (unpaired) electrons. The van der Waals surface area contributed by atoms with Crippen molar-refractivity contribution in [2.24, 2.45) is 0 Å². The molecule has 2 fully saturated rings. The molecule has 2 aliphatic rings. The van der Waals surface area contributed by atoms with Crippen molar-refractivity contribution in [2.75, 3.05) is 38.5 Å². The highest BCUT2D eigenvalue weighted by Crippen LogP contribution is 2.40. The zero-order valence-corrected chi connectivity index (χ0v) is 23.8. The zero-order chi connectivity index (χ0) is 26.6. The van der Waals surface area contributed by atoms with E-state index < -0.39 is 10.0 Å². The van der Waals surface area contributed by atoms with Gasteiger partial charge in [-0.05, 0) is 79.9 Å². The smallest absolute Gasteiger partial charge is 0.214 e. The molecular weight excluding hydrogens is 520 g/mol. The first-order chi connectivity index (χ1) is 18.2. The fraction of sp³-hybridized carbons (Fsp3) is 0.500. The summed E-state index contributed by atoms with van der Waals surface area (Å²) in [5, 5.41) is 10.1. The van der Waals surface area contributed by atoms with Crippen LogP contribution >= 0.6 is 11.6 Å². The number of sulfonamides is 1. The minimum absolute atomic E-state index is 0.304. The van der Waals surface area contributed by atoms with Gasteiger partial charge in [0.05, 0.1) is 16.5 Å². The predicted molar refractivity (Wildman–Crippen MR) is 153 cm³/mol. The van der Waals surface area contributed by atoms with Gasteiger partial charge in [-0.25, -0.2) is 12.7 Å². The van der Waals surface area contributed by atoms with Gasteiger partial charge in [0.2, 0.25) is 10.0 Å². The molecule has 5 heterocycles. The molecule has 0 aliphatic carbocycles. The summed E-state index contributed by atoms with van der Waals surface area (Å²) in [7, 11) is -3.02. The Morgan fingerprint density at radius 2 is 1.95 bits per heavy atom. The van der Waals surface area contributed by atoms with Gasteiger partial charge in [-0.2, -0.15) is 0 Å². The fourth-order valence-corrected chi connectivity index (χ4v) is 8.01. The quantitative estimate of drug-likeness (QED) is 0.355. The number of benzene rings is 1. The largest absolute Gasteiger partial charge is 0.354 e. The van der Waals surface area contributed by atoms with Crippen molar-refractivity contribution in [1.29, 1.82) is 0 Å². The van der Waals surface area contributed by atoms with E-state index >= 15 is 0 Å². The average molecular weight is 555 g/mol. The van der Waals surface area contributed by atoms with Crippen molar-refractivity contribution in [3.05, 3.63) is 52.4 Å². The van der Waals surface area contributed by atoms with Gasteiger partial charge in [-0.15, -0.1) is 10.2 Å². The monoisotopic (exact) mass is 554 g/mol. The Kier molecular flexibility index (Phi) is 6.74. The van der Waals surface area contributed by atoms with Crippen LogP contribution in [0.4, 0.5) is 0 Å². The third-order valence-corrected chi connectivity index (χ3v) is 10.8.